The van der Waals surface area contributed by atoms with Crippen molar-refractivity contribution in [1.29, 1.82) is 0 Å². The summed E-state index contributed by atoms with van der Waals surface area (Å²) in [6, 6.07) is 2.39. The molecule has 1 unspecified atom stereocenters. The van der Waals surface area contributed by atoms with Gasteiger partial charge in [0, 0.05) is 29.8 Å². The molecule has 23 heavy (non-hydrogen) atoms. The van der Waals surface area contributed by atoms with Crippen LogP contribution in [0.3, 0.4) is 0 Å². The molecule has 0 spiro atoms. The third kappa shape index (κ3) is 4.34. The van der Waals surface area contributed by atoms with E-state index in [9.17, 15) is 9.59 Å². The van der Waals surface area contributed by atoms with E-state index in [1.54, 1.807) is 11.3 Å². The van der Waals surface area contributed by atoms with Crippen LogP contribution in [0.15, 0.2) is 11.4 Å². The fraction of sp³-hybridized carbons (Fsp3) is 0.667. The molecule has 0 bridgehead atoms. The summed E-state index contributed by atoms with van der Waals surface area (Å²) in [4.78, 5) is 27.8. The summed E-state index contributed by atoms with van der Waals surface area (Å²) in [5, 5.41) is 5.04. The first kappa shape index (κ1) is 18.0. The van der Waals surface area contributed by atoms with Gasteiger partial charge in [0.1, 0.15) is 0 Å². The van der Waals surface area contributed by atoms with Gasteiger partial charge in [-0.3, -0.25) is 9.59 Å². The SMILES string of the molecule is CCC1c2ccsc2CCN1C(=O)CCCNC(=O)C(C)(C)C. The Balaban J connectivity index is 1.83. The molecule has 128 valence electrons. The topological polar surface area (TPSA) is 49.4 Å². The Morgan fingerprint density at radius 2 is 2.13 bits per heavy atom. The average Bonchev–Trinajstić information content (AvgIpc) is 2.97. The van der Waals surface area contributed by atoms with Gasteiger partial charge in [0.25, 0.3) is 0 Å². The van der Waals surface area contributed by atoms with Gasteiger partial charge < -0.3 is 10.2 Å². The molecule has 0 aliphatic carbocycles. The normalized spacial score (nSPS) is 17.7. The molecular formula is C18H28N2O2S. The van der Waals surface area contributed by atoms with Crippen LogP contribution in [-0.2, 0) is 16.0 Å². The maximum Gasteiger partial charge on any atom is 0.225 e. The van der Waals surface area contributed by atoms with E-state index in [1.165, 1.54) is 10.4 Å². The molecule has 1 N–H and O–H groups in total. The van der Waals surface area contributed by atoms with Crippen molar-refractivity contribution in [3.63, 3.8) is 0 Å². The molecule has 1 aromatic heterocycles. The first-order chi connectivity index (χ1) is 10.8. The Morgan fingerprint density at radius 1 is 1.39 bits per heavy atom. The van der Waals surface area contributed by atoms with Gasteiger partial charge in [0.2, 0.25) is 11.8 Å². The van der Waals surface area contributed by atoms with Crippen LogP contribution in [0.2, 0.25) is 0 Å². The smallest absolute Gasteiger partial charge is 0.225 e. The minimum absolute atomic E-state index is 0.0391. The Hall–Kier alpha value is -1.36. The molecule has 1 aliphatic heterocycles. The van der Waals surface area contributed by atoms with Crippen LogP contribution in [-0.4, -0.2) is 29.8 Å². The van der Waals surface area contributed by atoms with Crippen molar-refractivity contribution in [3.05, 3.63) is 21.9 Å². The van der Waals surface area contributed by atoms with Crippen molar-refractivity contribution in [2.75, 3.05) is 13.1 Å². The first-order valence-electron chi connectivity index (χ1n) is 8.48. The first-order valence-corrected chi connectivity index (χ1v) is 9.36. The van der Waals surface area contributed by atoms with Gasteiger partial charge in [0.05, 0.1) is 6.04 Å². The number of nitrogens with zero attached hydrogens (tertiary/aromatic N) is 1. The number of nitrogens with one attached hydrogen (secondary N) is 1. The van der Waals surface area contributed by atoms with E-state index in [1.807, 2.05) is 25.7 Å². The molecule has 0 aromatic carbocycles. The monoisotopic (exact) mass is 336 g/mol. The van der Waals surface area contributed by atoms with E-state index in [0.29, 0.717) is 19.4 Å². The zero-order valence-electron chi connectivity index (χ0n) is 14.6. The lowest BCUT2D eigenvalue weighted by atomic mass is 9.95. The van der Waals surface area contributed by atoms with E-state index < -0.39 is 0 Å². The molecule has 4 nitrogen and oxygen atoms in total. The van der Waals surface area contributed by atoms with Crippen molar-refractivity contribution < 1.29 is 9.59 Å². The van der Waals surface area contributed by atoms with Crippen molar-refractivity contribution >= 4 is 23.2 Å². The molecule has 0 saturated heterocycles. The summed E-state index contributed by atoms with van der Waals surface area (Å²) in [7, 11) is 0. The maximum atomic E-state index is 12.6. The van der Waals surface area contributed by atoms with Crippen LogP contribution in [0, 0.1) is 5.41 Å². The van der Waals surface area contributed by atoms with E-state index in [-0.39, 0.29) is 23.3 Å². The van der Waals surface area contributed by atoms with Crippen LogP contribution in [0.1, 0.15) is 63.4 Å². The Morgan fingerprint density at radius 3 is 2.78 bits per heavy atom. The second-order valence-electron chi connectivity index (χ2n) is 7.17. The second kappa shape index (κ2) is 7.47. The lowest BCUT2D eigenvalue weighted by Gasteiger charge is -2.35. The van der Waals surface area contributed by atoms with Crippen molar-refractivity contribution in [2.45, 2.75) is 59.4 Å². The predicted molar refractivity (Wildman–Crippen MR) is 94.5 cm³/mol. The van der Waals surface area contributed by atoms with E-state index in [0.717, 1.165) is 19.4 Å². The molecule has 0 radical (unpaired) electrons. The third-order valence-electron chi connectivity index (χ3n) is 4.34. The van der Waals surface area contributed by atoms with Crippen molar-refractivity contribution in [1.82, 2.24) is 10.2 Å². The van der Waals surface area contributed by atoms with Crippen LogP contribution < -0.4 is 5.32 Å². The summed E-state index contributed by atoms with van der Waals surface area (Å²) in [5.41, 5.74) is 0.956. The summed E-state index contributed by atoms with van der Waals surface area (Å²) in [6.45, 7) is 9.21. The highest BCUT2D eigenvalue weighted by Crippen LogP contribution is 2.35. The largest absolute Gasteiger partial charge is 0.356 e. The number of amides is 2. The summed E-state index contributed by atoms with van der Waals surface area (Å²) in [6.07, 6.45) is 3.12. The highest BCUT2D eigenvalue weighted by molar-refractivity contribution is 7.10. The summed E-state index contributed by atoms with van der Waals surface area (Å²) < 4.78 is 0. The Bertz CT molecular complexity index is 560. The highest BCUT2D eigenvalue weighted by Gasteiger charge is 2.29. The average molecular weight is 337 g/mol. The number of hydrogen-bond acceptors (Lipinski definition) is 3. The molecule has 0 saturated carbocycles. The van der Waals surface area contributed by atoms with E-state index in [4.69, 9.17) is 0 Å². The van der Waals surface area contributed by atoms with E-state index in [2.05, 4.69) is 23.7 Å². The molecule has 1 atom stereocenters. The molecule has 2 rings (SSSR count). The molecule has 2 amide bonds. The van der Waals surface area contributed by atoms with Gasteiger partial charge in [0.15, 0.2) is 0 Å². The van der Waals surface area contributed by atoms with Gasteiger partial charge in [-0.1, -0.05) is 27.7 Å². The zero-order chi connectivity index (χ0) is 17.0. The molecule has 1 aliphatic rings. The molecular weight excluding hydrogens is 308 g/mol. The quantitative estimate of drug-likeness (QED) is 0.836. The predicted octanol–water partition coefficient (Wildman–Crippen LogP) is 3.53. The van der Waals surface area contributed by atoms with Gasteiger partial charge in [-0.2, -0.15) is 0 Å². The molecule has 1 aromatic rings. The minimum Gasteiger partial charge on any atom is -0.356 e. The lowest BCUT2D eigenvalue weighted by Crippen LogP contribution is -2.40. The molecule has 2 heterocycles. The highest BCUT2D eigenvalue weighted by atomic mass is 32.1. The van der Waals surface area contributed by atoms with Crippen molar-refractivity contribution in [2.24, 2.45) is 5.41 Å². The summed E-state index contributed by atoms with van der Waals surface area (Å²) in [5.74, 6) is 0.246. The van der Waals surface area contributed by atoms with Gasteiger partial charge in [-0.05, 0) is 36.3 Å². The molecule has 0 fully saturated rings. The molecule has 5 heteroatoms. The Labute approximate surface area is 143 Å². The fourth-order valence-corrected chi connectivity index (χ4v) is 3.91. The maximum absolute atomic E-state index is 12.6. The zero-order valence-corrected chi connectivity index (χ0v) is 15.5. The number of carbonyl (C=O) groups excluding carboxylic acids is 2. The van der Waals surface area contributed by atoms with Gasteiger partial charge in [-0.25, -0.2) is 0 Å². The standard InChI is InChI=1S/C18H28N2O2S/c1-5-14-13-9-12-23-15(13)8-11-20(14)16(21)7-6-10-19-17(22)18(2,3)4/h9,12,14H,5-8,10-11H2,1-4H3,(H,19,22). The summed E-state index contributed by atoms with van der Waals surface area (Å²) >= 11 is 1.80. The number of thiophene rings is 1. The fourth-order valence-electron chi connectivity index (χ4n) is 2.99. The van der Waals surface area contributed by atoms with Gasteiger partial charge in [-0.15, -0.1) is 11.3 Å². The van der Waals surface area contributed by atoms with Crippen molar-refractivity contribution in [3.8, 4) is 0 Å². The Kier molecular flexibility index (Phi) is 5.84. The number of carbonyl (C=O) groups is 2. The van der Waals surface area contributed by atoms with Crippen LogP contribution in [0.5, 0.6) is 0 Å². The second-order valence-corrected chi connectivity index (χ2v) is 8.17. The number of hydrogen-bond donors (Lipinski definition) is 1. The number of rotatable bonds is 5. The van der Waals surface area contributed by atoms with Crippen LogP contribution >= 0.6 is 11.3 Å². The van der Waals surface area contributed by atoms with Crippen LogP contribution in [0.25, 0.3) is 0 Å². The van der Waals surface area contributed by atoms with Gasteiger partial charge >= 0.3 is 0 Å². The van der Waals surface area contributed by atoms with Crippen LogP contribution in [0.4, 0.5) is 0 Å². The third-order valence-corrected chi connectivity index (χ3v) is 5.33. The number of fused-ring (bicyclic) bond motifs is 1. The van der Waals surface area contributed by atoms with E-state index >= 15 is 0 Å². The minimum atomic E-state index is -0.375. The lowest BCUT2D eigenvalue weighted by molar-refractivity contribution is -0.134.